The van der Waals surface area contributed by atoms with Crippen molar-refractivity contribution in [3.05, 3.63) is 58.0 Å². The second kappa shape index (κ2) is 4.67. The van der Waals surface area contributed by atoms with E-state index < -0.39 is 16.5 Å². The highest BCUT2D eigenvalue weighted by atomic mass is 79.9. The molecule has 1 heterocycles. The largest absolute Gasteiger partial charge is 0.472 e. The number of hydrogen-bond donors (Lipinski definition) is 0. The third-order valence-electron chi connectivity index (χ3n) is 2.15. The lowest BCUT2D eigenvalue weighted by Gasteiger charge is -2.10. The number of benzene rings is 1. The summed E-state index contributed by atoms with van der Waals surface area (Å²) in [5, 5.41) is 0. The van der Waals surface area contributed by atoms with Crippen molar-refractivity contribution in [1.82, 2.24) is 0 Å². The molecule has 2 rings (SSSR count). The van der Waals surface area contributed by atoms with E-state index in [2.05, 4.69) is 31.9 Å². The van der Waals surface area contributed by atoms with E-state index in [4.69, 9.17) is 4.42 Å². The van der Waals surface area contributed by atoms with Gasteiger partial charge in [-0.15, -0.1) is 0 Å². The summed E-state index contributed by atoms with van der Waals surface area (Å²) in [4.78, 5) is -0.422. The number of rotatable bonds is 2. The fraction of sp³-hybridized carbons (Fsp3) is 0.0909. The highest BCUT2D eigenvalue weighted by Gasteiger charge is 2.18. The Morgan fingerprint density at radius 3 is 2.56 bits per heavy atom. The minimum absolute atomic E-state index is 0.112. The molecule has 1 aromatic carbocycles. The van der Waals surface area contributed by atoms with Crippen LogP contribution in [0.25, 0.3) is 0 Å². The zero-order valence-electron chi connectivity index (χ0n) is 7.88. The lowest BCUT2D eigenvalue weighted by Crippen LogP contribution is -1.97. The Morgan fingerprint density at radius 1 is 1.19 bits per heavy atom. The zero-order chi connectivity index (χ0) is 11.7. The van der Waals surface area contributed by atoms with Crippen LogP contribution in [0.4, 0.5) is 8.78 Å². The molecule has 0 saturated heterocycles. The first-order chi connectivity index (χ1) is 7.59. The summed E-state index contributed by atoms with van der Waals surface area (Å²) >= 11 is 6.23. The van der Waals surface area contributed by atoms with E-state index in [1.165, 1.54) is 12.5 Å². The summed E-state index contributed by atoms with van der Waals surface area (Å²) in [6.07, 6.45) is 2.97. The number of hydrogen-bond acceptors (Lipinski definition) is 1. The van der Waals surface area contributed by atoms with Crippen molar-refractivity contribution >= 4 is 31.9 Å². The van der Waals surface area contributed by atoms with Gasteiger partial charge in [0.1, 0.15) is 11.6 Å². The highest BCUT2D eigenvalue weighted by Crippen LogP contribution is 2.34. The molecule has 16 heavy (non-hydrogen) atoms. The van der Waals surface area contributed by atoms with Crippen molar-refractivity contribution in [2.75, 3.05) is 0 Å². The molecule has 84 valence electrons. The van der Waals surface area contributed by atoms with Crippen LogP contribution in [0.5, 0.6) is 0 Å². The molecule has 0 amide bonds. The first-order valence-electron chi connectivity index (χ1n) is 4.40. The second-order valence-electron chi connectivity index (χ2n) is 3.21. The van der Waals surface area contributed by atoms with Crippen molar-refractivity contribution in [3.8, 4) is 0 Å². The maximum atomic E-state index is 13.6. The number of furan rings is 1. The van der Waals surface area contributed by atoms with Crippen molar-refractivity contribution < 1.29 is 13.2 Å². The predicted octanol–water partition coefficient (Wildman–Crippen LogP) is 4.80. The van der Waals surface area contributed by atoms with E-state index in [1.54, 1.807) is 6.07 Å². The van der Waals surface area contributed by atoms with Crippen molar-refractivity contribution in [2.45, 2.75) is 4.83 Å². The van der Waals surface area contributed by atoms with Gasteiger partial charge in [0.2, 0.25) is 0 Å². The van der Waals surface area contributed by atoms with Crippen LogP contribution < -0.4 is 0 Å². The summed E-state index contributed by atoms with van der Waals surface area (Å²) in [6.45, 7) is 0. The van der Waals surface area contributed by atoms with Gasteiger partial charge >= 0.3 is 0 Å². The molecule has 0 fully saturated rings. The third-order valence-corrected chi connectivity index (χ3v) is 3.78. The zero-order valence-corrected chi connectivity index (χ0v) is 11.1. The number of alkyl halides is 1. The Morgan fingerprint density at radius 2 is 1.94 bits per heavy atom. The van der Waals surface area contributed by atoms with Gasteiger partial charge in [-0.1, -0.05) is 15.9 Å². The molecule has 0 aliphatic heterocycles. The average molecular weight is 352 g/mol. The van der Waals surface area contributed by atoms with Crippen LogP contribution >= 0.6 is 31.9 Å². The molecule has 0 aliphatic carbocycles. The predicted molar refractivity (Wildman–Crippen MR) is 63.5 cm³/mol. The Kier molecular flexibility index (Phi) is 3.44. The first-order valence-corrected chi connectivity index (χ1v) is 6.11. The van der Waals surface area contributed by atoms with Gasteiger partial charge in [-0.05, 0) is 34.1 Å². The van der Waals surface area contributed by atoms with E-state index in [1.807, 2.05) is 0 Å². The lowest BCUT2D eigenvalue weighted by molar-refractivity contribution is 0.562. The van der Waals surface area contributed by atoms with Crippen LogP contribution in [-0.2, 0) is 0 Å². The molecule has 0 aliphatic rings. The third kappa shape index (κ3) is 2.20. The fourth-order valence-electron chi connectivity index (χ4n) is 1.33. The molecule has 5 heteroatoms. The normalized spacial score (nSPS) is 12.8. The maximum Gasteiger partial charge on any atom is 0.137 e. The van der Waals surface area contributed by atoms with Gasteiger partial charge in [-0.3, -0.25) is 0 Å². The molecular formula is C11H6Br2F2O. The fourth-order valence-corrected chi connectivity index (χ4v) is 2.26. The van der Waals surface area contributed by atoms with E-state index in [0.29, 0.717) is 0 Å². The lowest BCUT2D eigenvalue weighted by atomic mass is 10.1. The van der Waals surface area contributed by atoms with Gasteiger partial charge in [0, 0.05) is 11.1 Å². The maximum absolute atomic E-state index is 13.6. The molecule has 2 aromatic rings. The molecule has 1 nitrogen and oxygen atoms in total. The Balaban J connectivity index is 2.44. The van der Waals surface area contributed by atoms with Crippen LogP contribution in [0.1, 0.15) is 16.0 Å². The van der Waals surface area contributed by atoms with Gasteiger partial charge in [-0.25, -0.2) is 8.78 Å². The van der Waals surface area contributed by atoms with Crippen LogP contribution in [0.2, 0.25) is 0 Å². The van der Waals surface area contributed by atoms with Crippen LogP contribution in [0, 0.1) is 11.6 Å². The second-order valence-corrected chi connectivity index (χ2v) is 4.98. The van der Waals surface area contributed by atoms with Gasteiger partial charge in [0.25, 0.3) is 0 Å². The standard InChI is InChI=1S/C11H6Br2F2O/c12-8-4-9(14)7(3-10(8)15)11(13)6-1-2-16-5-6/h1-5,11H. The Hall–Kier alpha value is -0.680. The van der Waals surface area contributed by atoms with Crippen molar-refractivity contribution in [1.29, 1.82) is 0 Å². The molecule has 0 N–H and O–H groups in total. The van der Waals surface area contributed by atoms with Gasteiger partial charge in [0.15, 0.2) is 0 Å². The topological polar surface area (TPSA) is 13.1 Å². The van der Waals surface area contributed by atoms with Crippen LogP contribution in [0.3, 0.4) is 0 Å². The molecule has 0 spiro atoms. The first kappa shape index (κ1) is 11.8. The van der Waals surface area contributed by atoms with Gasteiger partial charge in [-0.2, -0.15) is 0 Å². The van der Waals surface area contributed by atoms with Gasteiger partial charge in [0.05, 0.1) is 21.8 Å². The Bertz CT molecular complexity index is 497. The van der Waals surface area contributed by atoms with Crippen LogP contribution in [0.15, 0.2) is 39.6 Å². The summed E-state index contributed by atoms with van der Waals surface area (Å²) in [7, 11) is 0. The van der Waals surface area contributed by atoms with E-state index >= 15 is 0 Å². The molecule has 0 bridgehead atoms. The van der Waals surface area contributed by atoms with Crippen molar-refractivity contribution in [3.63, 3.8) is 0 Å². The molecular weight excluding hydrogens is 346 g/mol. The SMILES string of the molecule is Fc1cc(C(Br)c2ccoc2)c(F)cc1Br. The quantitative estimate of drug-likeness (QED) is 0.559. The Labute approximate surface area is 108 Å². The molecule has 1 aromatic heterocycles. The summed E-state index contributed by atoms with van der Waals surface area (Å²) in [5.41, 5.74) is 0.975. The molecule has 1 atom stereocenters. The van der Waals surface area contributed by atoms with E-state index in [0.717, 1.165) is 17.7 Å². The highest BCUT2D eigenvalue weighted by molar-refractivity contribution is 9.10. The van der Waals surface area contributed by atoms with E-state index in [9.17, 15) is 8.78 Å². The summed E-state index contributed by atoms with van der Waals surface area (Å²) in [5.74, 6) is -0.972. The number of halogens is 4. The van der Waals surface area contributed by atoms with Crippen molar-refractivity contribution in [2.24, 2.45) is 0 Å². The molecule has 1 unspecified atom stereocenters. The minimum Gasteiger partial charge on any atom is -0.472 e. The molecule has 0 saturated carbocycles. The van der Waals surface area contributed by atoms with E-state index in [-0.39, 0.29) is 10.0 Å². The monoisotopic (exact) mass is 350 g/mol. The van der Waals surface area contributed by atoms with Gasteiger partial charge < -0.3 is 4.42 Å². The minimum atomic E-state index is -0.496. The van der Waals surface area contributed by atoms with Crippen LogP contribution in [-0.4, -0.2) is 0 Å². The smallest absolute Gasteiger partial charge is 0.137 e. The summed E-state index contributed by atoms with van der Waals surface area (Å²) in [6, 6.07) is 3.96. The molecule has 0 radical (unpaired) electrons. The average Bonchev–Trinajstić information content (AvgIpc) is 2.75. The summed E-state index contributed by atoms with van der Waals surface area (Å²) < 4.78 is 31.9.